The first-order valence-electron chi connectivity index (χ1n) is 5.84. The first kappa shape index (κ1) is 12.3. The van der Waals surface area contributed by atoms with Crippen LogP contribution in [0.1, 0.15) is 5.56 Å². The first-order chi connectivity index (χ1) is 8.97. The number of hydrogen-bond acceptors (Lipinski definition) is 3. The Morgan fingerprint density at radius 3 is 2.53 bits per heavy atom. The highest BCUT2D eigenvalue weighted by molar-refractivity contribution is 5.91. The standard InChI is InChI=1S/C12H11F3N2O2/c13-12(14,15)7-1-3-8(4-2-7)17-9-5-16-6-10(9)19-11(17)18/h1-4,9-10,16H,5-6H2. The average Bonchev–Trinajstić information content (AvgIpc) is 2.87. The van der Waals surface area contributed by atoms with E-state index in [-0.39, 0.29) is 12.1 Å². The van der Waals surface area contributed by atoms with Crippen LogP contribution in [-0.2, 0) is 10.9 Å². The number of benzene rings is 1. The molecule has 2 fully saturated rings. The molecule has 0 saturated carbocycles. The lowest BCUT2D eigenvalue weighted by Gasteiger charge is -2.20. The number of nitrogens with one attached hydrogen (secondary N) is 1. The SMILES string of the molecule is O=C1OC2CNCC2N1c1ccc(C(F)(F)F)cc1. The van der Waals surface area contributed by atoms with Gasteiger partial charge in [-0.1, -0.05) is 0 Å². The molecular weight excluding hydrogens is 261 g/mol. The van der Waals surface area contributed by atoms with Crippen molar-refractivity contribution in [3.8, 4) is 0 Å². The van der Waals surface area contributed by atoms with Crippen LogP contribution in [0, 0.1) is 0 Å². The van der Waals surface area contributed by atoms with E-state index in [4.69, 9.17) is 4.74 Å². The molecule has 102 valence electrons. The van der Waals surface area contributed by atoms with E-state index in [0.29, 0.717) is 18.8 Å². The second-order valence-electron chi connectivity index (χ2n) is 4.56. The van der Waals surface area contributed by atoms with Crippen LogP contribution < -0.4 is 10.2 Å². The molecule has 4 nitrogen and oxygen atoms in total. The molecule has 19 heavy (non-hydrogen) atoms. The Balaban J connectivity index is 1.88. The molecule has 2 unspecified atom stereocenters. The molecule has 0 spiro atoms. The summed E-state index contributed by atoms with van der Waals surface area (Å²) in [6.45, 7) is 1.16. The van der Waals surface area contributed by atoms with Gasteiger partial charge in [-0.25, -0.2) is 4.79 Å². The van der Waals surface area contributed by atoms with Crippen molar-refractivity contribution in [3.63, 3.8) is 0 Å². The van der Waals surface area contributed by atoms with Gasteiger partial charge < -0.3 is 10.1 Å². The number of rotatable bonds is 1. The Hall–Kier alpha value is -1.76. The van der Waals surface area contributed by atoms with Crippen LogP contribution >= 0.6 is 0 Å². The molecule has 1 N–H and O–H groups in total. The Bertz CT molecular complexity index is 501. The van der Waals surface area contributed by atoms with E-state index in [0.717, 1.165) is 12.1 Å². The predicted octanol–water partition coefficient (Wildman–Crippen LogP) is 2.00. The van der Waals surface area contributed by atoms with E-state index in [9.17, 15) is 18.0 Å². The predicted molar refractivity (Wildman–Crippen MR) is 60.8 cm³/mol. The van der Waals surface area contributed by atoms with E-state index in [1.54, 1.807) is 0 Å². The zero-order valence-electron chi connectivity index (χ0n) is 9.78. The highest BCUT2D eigenvalue weighted by atomic mass is 19.4. The molecular formula is C12H11F3N2O2. The number of carbonyl (C=O) groups excluding carboxylic acids is 1. The third kappa shape index (κ3) is 2.03. The van der Waals surface area contributed by atoms with Crippen LogP contribution in [0.4, 0.5) is 23.7 Å². The van der Waals surface area contributed by atoms with Crippen LogP contribution in [-0.4, -0.2) is 31.3 Å². The van der Waals surface area contributed by atoms with Crippen molar-refractivity contribution in [3.05, 3.63) is 29.8 Å². The Kier molecular flexibility index (Phi) is 2.67. The van der Waals surface area contributed by atoms with Crippen molar-refractivity contribution in [2.75, 3.05) is 18.0 Å². The summed E-state index contributed by atoms with van der Waals surface area (Å²) in [5.74, 6) is 0. The first-order valence-corrected chi connectivity index (χ1v) is 5.84. The number of ether oxygens (including phenoxy) is 1. The number of alkyl halides is 3. The Morgan fingerprint density at radius 1 is 1.21 bits per heavy atom. The summed E-state index contributed by atoms with van der Waals surface area (Å²) in [4.78, 5) is 13.1. The number of nitrogens with zero attached hydrogens (tertiary/aromatic N) is 1. The van der Waals surface area contributed by atoms with Gasteiger partial charge in [0.25, 0.3) is 0 Å². The van der Waals surface area contributed by atoms with E-state index < -0.39 is 17.8 Å². The molecule has 2 saturated heterocycles. The number of fused-ring (bicyclic) bond motifs is 1. The van der Waals surface area contributed by atoms with Gasteiger partial charge in [0.15, 0.2) is 0 Å². The molecule has 1 aromatic rings. The maximum absolute atomic E-state index is 12.5. The number of halogens is 3. The summed E-state index contributed by atoms with van der Waals surface area (Å²) < 4.78 is 42.6. The molecule has 1 aromatic carbocycles. The largest absolute Gasteiger partial charge is 0.442 e. The monoisotopic (exact) mass is 272 g/mol. The molecule has 0 aromatic heterocycles. The van der Waals surface area contributed by atoms with Crippen LogP contribution in [0.15, 0.2) is 24.3 Å². The lowest BCUT2D eigenvalue weighted by atomic mass is 10.1. The summed E-state index contributed by atoms with van der Waals surface area (Å²) in [5.41, 5.74) is -0.306. The van der Waals surface area contributed by atoms with Crippen LogP contribution in [0.3, 0.4) is 0 Å². The Labute approximate surface area is 107 Å². The zero-order chi connectivity index (χ0) is 13.6. The molecule has 1 amide bonds. The van der Waals surface area contributed by atoms with Crippen molar-refractivity contribution in [1.29, 1.82) is 0 Å². The zero-order valence-corrected chi connectivity index (χ0v) is 9.78. The quantitative estimate of drug-likeness (QED) is 0.850. The van der Waals surface area contributed by atoms with E-state index in [2.05, 4.69) is 5.32 Å². The third-order valence-corrected chi connectivity index (χ3v) is 3.38. The third-order valence-electron chi connectivity index (χ3n) is 3.38. The van der Waals surface area contributed by atoms with Gasteiger partial charge in [-0.2, -0.15) is 13.2 Å². The van der Waals surface area contributed by atoms with E-state index >= 15 is 0 Å². The minimum Gasteiger partial charge on any atom is -0.442 e. The molecule has 0 bridgehead atoms. The second kappa shape index (κ2) is 4.12. The molecule has 2 atom stereocenters. The second-order valence-corrected chi connectivity index (χ2v) is 4.56. The summed E-state index contributed by atoms with van der Waals surface area (Å²) in [5, 5.41) is 3.08. The average molecular weight is 272 g/mol. The van der Waals surface area contributed by atoms with Gasteiger partial charge in [-0.15, -0.1) is 0 Å². The van der Waals surface area contributed by atoms with Gasteiger partial charge in [0.05, 0.1) is 11.6 Å². The summed E-state index contributed by atoms with van der Waals surface area (Å²) in [6, 6.07) is 4.39. The highest BCUT2D eigenvalue weighted by Gasteiger charge is 2.45. The van der Waals surface area contributed by atoms with Crippen LogP contribution in [0.25, 0.3) is 0 Å². The van der Waals surface area contributed by atoms with Gasteiger partial charge in [0, 0.05) is 18.8 Å². The van der Waals surface area contributed by atoms with E-state index in [1.165, 1.54) is 17.0 Å². The van der Waals surface area contributed by atoms with Crippen molar-refractivity contribution in [2.24, 2.45) is 0 Å². The molecule has 0 aliphatic carbocycles. The number of hydrogen-bond donors (Lipinski definition) is 1. The van der Waals surface area contributed by atoms with Gasteiger partial charge in [-0.05, 0) is 24.3 Å². The Morgan fingerprint density at radius 2 is 1.89 bits per heavy atom. The van der Waals surface area contributed by atoms with Gasteiger partial charge >= 0.3 is 12.3 Å². The lowest BCUT2D eigenvalue weighted by Crippen LogP contribution is -2.37. The number of amides is 1. The van der Waals surface area contributed by atoms with Crippen molar-refractivity contribution in [1.82, 2.24) is 5.32 Å². The minimum atomic E-state index is -4.37. The van der Waals surface area contributed by atoms with Crippen molar-refractivity contribution in [2.45, 2.75) is 18.3 Å². The summed E-state index contributed by atoms with van der Waals surface area (Å²) >= 11 is 0. The normalized spacial score (nSPS) is 26.5. The van der Waals surface area contributed by atoms with Crippen molar-refractivity contribution >= 4 is 11.8 Å². The fraction of sp³-hybridized carbons (Fsp3) is 0.417. The number of carbonyl (C=O) groups is 1. The highest BCUT2D eigenvalue weighted by Crippen LogP contribution is 2.33. The van der Waals surface area contributed by atoms with Crippen LogP contribution in [0.2, 0.25) is 0 Å². The maximum Gasteiger partial charge on any atom is 0.416 e. The molecule has 2 heterocycles. The summed E-state index contributed by atoms with van der Waals surface area (Å²) in [7, 11) is 0. The number of anilines is 1. The molecule has 2 aliphatic heterocycles. The maximum atomic E-state index is 12.5. The molecule has 7 heteroatoms. The van der Waals surface area contributed by atoms with Gasteiger partial charge in [0.2, 0.25) is 0 Å². The molecule has 3 rings (SSSR count). The van der Waals surface area contributed by atoms with Crippen molar-refractivity contribution < 1.29 is 22.7 Å². The summed E-state index contributed by atoms with van der Waals surface area (Å²) in [6.07, 6.45) is -5.10. The molecule has 0 radical (unpaired) electrons. The lowest BCUT2D eigenvalue weighted by molar-refractivity contribution is -0.137. The topological polar surface area (TPSA) is 41.6 Å². The minimum absolute atomic E-state index is 0.149. The van der Waals surface area contributed by atoms with Gasteiger partial charge in [-0.3, -0.25) is 4.90 Å². The van der Waals surface area contributed by atoms with Crippen LogP contribution in [0.5, 0.6) is 0 Å². The smallest absolute Gasteiger partial charge is 0.416 e. The van der Waals surface area contributed by atoms with E-state index in [1.807, 2.05) is 0 Å². The fourth-order valence-corrected chi connectivity index (χ4v) is 2.45. The van der Waals surface area contributed by atoms with Gasteiger partial charge in [0.1, 0.15) is 6.10 Å². The fourth-order valence-electron chi connectivity index (χ4n) is 2.45. The molecule has 2 aliphatic rings.